The molecule has 7 atom stereocenters. The maximum absolute atomic E-state index is 15.0. The van der Waals surface area contributed by atoms with Crippen molar-refractivity contribution >= 4 is 41.2 Å². The number of rotatable bonds is 11. The van der Waals surface area contributed by atoms with Crippen LogP contribution in [0.3, 0.4) is 0 Å². The van der Waals surface area contributed by atoms with Crippen LogP contribution in [0.1, 0.15) is 98.8 Å². The molecule has 0 aromatic rings. The molecule has 3 saturated carbocycles. The Hall–Kier alpha value is -2.24. The van der Waals surface area contributed by atoms with Gasteiger partial charge in [0.25, 0.3) is 5.78 Å². The number of aliphatic hydroxyl groups is 1. The molecule has 11 heteroatoms. The summed E-state index contributed by atoms with van der Waals surface area (Å²) in [5, 5.41) is 11.9. The minimum atomic E-state index is -2.97. The highest BCUT2D eigenvalue weighted by atomic mass is 32.2. The topological polar surface area (TPSA) is 142 Å². The highest BCUT2D eigenvalue weighted by Crippen LogP contribution is 2.69. The number of fused-ring (bicyclic) bond motifs is 5. The van der Waals surface area contributed by atoms with Crippen molar-refractivity contribution in [2.75, 3.05) is 12.2 Å². The maximum atomic E-state index is 15.0. The van der Waals surface area contributed by atoms with Gasteiger partial charge in [0.05, 0.1) is 12.0 Å². The molecule has 0 bridgehead atoms. The van der Waals surface area contributed by atoms with Gasteiger partial charge in [0.15, 0.2) is 5.78 Å². The summed E-state index contributed by atoms with van der Waals surface area (Å²) >= 11 is 1.35. The Kier molecular flexibility index (Phi) is 9.89. The van der Waals surface area contributed by atoms with Gasteiger partial charge < -0.3 is 24.1 Å². The van der Waals surface area contributed by atoms with Crippen LogP contribution in [0, 0.1) is 28.6 Å². The van der Waals surface area contributed by atoms with Crippen LogP contribution in [0.25, 0.3) is 0 Å². The van der Waals surface area contributed by atoms with Gasteiger partial charge in [0, 0.05) is 31.1 Å². The number of esters is 3. The van der Waals surface area contributed by atoms with Crippen molar-refractivity contribution in [2.24, 2.45) is 28.6 Å². The number of hydrogen-bond donors (Lipinski definition) is 1. The van der Waals surface area contributed by atoms with Gasteiger partial charge in [-0.2, -0.15) is 0 Å². The summed E-state index contributed by atoms with van der Waals surface area (Å²) in [6, 6.07) is 0. The van der Waals surface area contributed by atoms with E-state index in [0.717, 1.165) is 18.4 Å². The predicted molar refractivity (Wildman–Crippen MR) is 157 cm³/mol. The molecule has 43 heavy (non-hydrogen) atoms. The van der Waals surface area contributed by atoms with E-state index in [1.807, 2.05) is 13.2 Å². The van der Waals surface area contributed by atoms with Gasteiger partial charge in [-0.25, -0.2) is 0 Å². The summed E-state index contributed by atoms with van der Waals surface area (Å²) in [6.07, 6.45) is 5.81. The minimum absolute atomic E-state index is 0.0284. The van der Waals surface area contributed by atoms with E-state index >= 15 is 4.79 Å². The van der Waals surface area contributed by atoms with Crippen LogP contribution >= 0.6 is 11.8 Å². The van der Waals surface area contributed by atoms with Gasteiger partial charge >= 0.3 is 23.9 Å². The standard InChI is InChI=1S/C32H46O10S/c1-7-24(35)40-32(41-25(36)8-2,42-26(37)9-3)28(38)31(39-18-43-6)15-13-22-21-11-10-19-16-20(33)12-14-29(19,4)27(21)23(34)17-30(22,31)5/h16,21-23,27,34H,7-15,17-18H2,1-6H3/t21-,22-,23?,27+,29-,30-,31-/m0/s1. The molecule has 4 aliphatic rings. The molecule has 0 spiro atoms. The van der Waals surface area contributed by atoms with Crippen LogP contribution in [0.15, 0.2) is 11.6 Å². The van der Waals surface area contributed by atoms with Gasteiger partial charge in [-0.05, 0) is 74.0 Å². The number of ether oxygens (including phenoxy) is 4. The van der Waals surface area contributed by atoms with Crippen molar-refractivity contribution in [1.29, 1.82) is 0 Å². The normalized spacial score (nSPS) is 35.1. The molecule has 0 aromatic carbocycles. The molecule has 0 amide bonds. The number of allylic oxidation sites excluding steroid dienone is 1. The van der Waals surface area contributed by atoms with Gasteiger partial charge in [0.1, 0.15) is 5.60 Å². The smallest absolute Gasteiger partial charge is 0.393 e. The molecule has 1 unspecified atom stereocenters. The first-order chi connectivity index (χ1) is 20.3. The van der Waals surface area contributed by atoms with E-state index < -0.39 is 46.8 Å². The van der Waals surface area contributed by atoms with E-state index in [1.54, 1.807) is 6.08 Å². The highest BCUT2D eigenvalue weighted by molar-refractivity contribution is 7.98. The zero-order chi connectivity index (χ0) is 31.8. The number of aliphatic hydroxyl groups excluding tert-OH is 1. The van der Waals surface area contributed by atoms with Crippen LogP contribution in [-0.4, -0.2) is 64.5 Å². The fourth-order valence-corrected chi connectivity index (χ4v) is 8.94. The van der Waals surface area contributed by atoms with Crippen molar-refractivity contribution in [3.05, 3.63) is 11.6 Å². The van der Waals surface area contributed by atoms with Crippen molar-refractivity contribution in [1.82, 2.24) is 0 Å². The Bertz CT molecular complexity index is 1140. The third kappa shape index (κ3) is 5.58. The Morgan fingerprint density at radius 3 is 2.07 bits per heavy atom. The van der Waals surface area contributed by atoms with Gasteiger partial charge in [-0.3, -0.25) is 24.0 Å². The van der Waals surface area contributed by atoms with Crippen LogP contribution in [0.5, 0.6) is 0 Å². The van der Waals surface area contributed by atoms with E-state index in [4.69, 9.17) is 18.9 Å². The first-order valence-corrected chi connectivity index (χ1v) is 16.9. The van der Waals surface area contributed by atoms with Gasteiger partial charge in [0.2, 0.25) is 0 Å². The van der Waals surface area contributed by atoms with Crippen LogP contribution in [0.4, 0.5) is 0 Å². The lowest BCUT2D eigenvalue weighted by molar-refractivity contribution is -0.321. The fourth-order valence-electron chi connectivity index (χ4n) is 8.63. The maximum Gasteiger partial charge on any atom is 0.491 e. The predicted octanol–water partition coefficient (Wildman–Crippen LogP) is 4.65. The van der Waals surface area contributed by atoms with Crippen LogP contribution < -0.4 is 0 Å². The monoisotopic (exact) mass is 622 g/mol. The molecule has 4 aliphatic carbocycles. The average Bonchev–Trinajstić information content (AvgIpc) is 3.27. The first-order valence-electron chi connectivity index (χ1n) is 15.5. The molecule has 0 radical (unpaired) electrons. The summed E-state index contributed by atoms with van der Waals surface area (Å²) in [5.74, 6) is -6.55. The number of carbonyl (C=O) groups excluding carboxylic acids is 5. The summed E-state index contributed by atoms with van der Waals surface area (Å²) < 4.78 is 23.0. The highest BCUT2D eigenvalue weighted by Gasteiger charge is 2.74. The molecule has 10 nitrogen and oxygen atoms in total. The molecule has 4 rings (SSSR count). The molecular weight excluding hydrogens is 576 g/mol. The average molecular weight is 623 g/mol. The van der Waals surface area contributed by atoms with E-state index in [9.17, 15) is 24.3 Å². The lowest BCUT2D eigenvalue weighted by Crippen LogP contribution is -2.67. The molecule has 240 valence electrons. The third-order valence-electron chi connectivity index (χ3n) is 10.7. The van der Waals surface area contributed by atoms with E-state index in [2.05, 4.69) is 6.92 Å². The van der Waals surface area contributed by atoms with Crippen molar-refractivity contribution in [3.63, 3.8) is 0 Å². The summed E-state index contributed by atoms with van der Waals surface area (Å²) in [6.45, 7) is 8.59. The third-order valence-corrected chi connectivity index (χ3v) is 11.0. The molecule has 0 heterocycles. The van der Waals surface area contributed by atoms with Gasteiger partial charge in [-0.15, -0.1) is 11.8 Å². The first kappa shape index (κ1) is 33.6. The molecule has 1 N–H and O–H groups in total. The number of thioether (sulfide) groups is 1. The number of carbonyl (C=O) groups is 5. The minimum Gasteiger partial charge on any atom is -0.393 e. The van der Waals surface area contributed by atoms with Crippen LogP contribution in [0.2, 0.25) is 0 Å². The second kappa shape index (κ2) is 12.6. The van der Waals surface area contributed by atoms with Crippen molar-refractivity contribution in [2.45, 2.75) is 117 Å². The summed E-state index contributed by atoms with van der Waals surface area (Å²) in [7, 11) is 0. The Balaban J connectivity index is 1.84. The van der Waals surface area contributed by atoms with Crippen molar-refractivity contribution < 1.29 is 48.0 Å². The molecule has 0 aliphatic heterocycles. The Morgan fingerprint density at radius 1 is 0.953 bits per heavy atom. The second-order valence-corrected chi connectivity index (χ2v) is 13.7. The van der Waals surface area contributed by atoms with Crippen LogP contribution in [-0.2, 0) is 42.9 Å². The number of ketones is 2. The van der Waals surface area contributed by atoms with E-state index in [-0.39, 0.29) is 67.0 Å². The van der Waals surface area contributed by atoms with Gasteiger partial charge in [-0.1, -0.05) is 40.2 Å². The fraction of sp³-hybridized carbons (Fsp3) is 0.781. The zero-order valence-electron chi connectivity index (χ0n) is 26.2. The largest absolute Gasteiger partial charge is 0.491 e. The quantitative estimate of drug-likeness (QED) is 0.254. The molecular formula is C32H46O10S. The lowest BCUT2D eigenvalue weighted by atomic mass is 9.45. The molecule has 0 aromatic heterocycles. The summed E-state index contributed by atoms with van der Waals surface area (Å²) in [5.41, 5.74) is -1.93. The SMILES string of the molecule is CCC(=O)OC(OC(=O)CC)(OC(=O)CC)C(=O)[C@@]1(OCSC)CC[C@H]2[C@@H]3CCC4=CC(=O)CC[C@]4(C)[C@H]3C(O)C[C@@]21C. The zero-order valence-corrected chi connectivity index (χ0v) is 27.0. The van der Waals surface area contributed by atoms with E-state index in [0.29, 0.717) is 19.3 Å². The molecule has 0 saturated heterocycles. The summed E-state index contributed by atoms with van der Waals surface area (Å²) in [4.78, 5) is 65.5. The van der Waals surface area contributed by atoms with Crippen molar-refractivity contribution in [3.8, 4) is 0 Å². The Labute approximate surface area is 258 Å². The van der Waals surface area contributed by atoms with E-state index in [1.165, 1.54) is 32.5 Å². The lowest BCUT2D eigenvalue weighted by Gasteiger charge is -2.61. The molecule has 3 fully saturated rings. The Morgan fingerprint density at radius 2 is 1.53 bits per heavy atom. The number of hydrogen-bond acceptors (Lipinski definition) is 11. The number of Topliss-reactive ketones (excluding diaryl/α,β-unsaturated/α-hetero) is 1. The second-order valence-electron chi connectivity index (χ2n) is 12.9.